The highest BCUT2D eigenvalue weighted by Crippen LogP contribution is 2.14. The second-order valence-electron chi connectivity index (χ2n) is 4.90. The highest BCUT2D eigenvalue weighted by Gasteiger charge is 2.11. The van der Waals surface area contributed by atoms with Crippen LogP contribution in [0.15, 0.2) is 30.5 Å². The predicted octanol–water partition coefficient (Wildman–Crippen LogP) is 1.88. The molecule has 0 aliphatic carbocycles. The number of rotatable bonds is 4. The van der Waals surface area contributed by atoms with E-state index in [1.807, 2.05) is 44.3 Å². The molecule has 1 atom stereocenters. The van der Waals surface area contributed by atoms with Crippen LogP contribution >= 0.6 is 0 Å². The van der Waals surface area contributed by atoms with Crippen LogP contribution in [0.2, 0.25) is 0 Å². The van der Waals surface area contributed by atoms with Crippen LogP contribution in [0, 0.1) is 5.92 Å². The summed E-state index contributed by atoms with van der Waals surface area (Å²) in [6.45, 7) is 4.59. The van der Waals surface area contributed by atoms with Gasteiger partial charge in [0.1, 0.15) is 0 Å². The number of fused-ring (bicyclic) bond motifs is 1. The lowest BCUT2D eigenvalue weighted by molar-refractivity contribution is 0.0949. The first-order chi connectivity index (χ1) is 8.58. The van der Waals surface area contributed by atoms with Crippen LogP contribution in [0.1, 0.15) is 24.2 Å². The van der Waals surface area contributed by atoms with Crippen molar-refractivity contribution in [3.8, 4) is 0 Å². The van der Waals surface area contributed by atoms with Gasteiger partial charge in [-0.25, -0.2) is 0 Å². The van der Waals surface area contributed by atoms with E-state index in [1.165, 1.54) is 0 Å². The van der Waals surface area contributed by atoms with Crippen molar-refractivity contribution in [2.45, 2.75) is 19.9 Å². The average Bonchev–Trinajstić information content (AvgIpc) is 2.82. The van der Waals surface area contributed by atoms with Gasteiger partial charge in [0.2, 0.25) is 0 Å². The molecule has 0 aliphatic rings. The lowest BCUT2D eigenvalue weighted by Crippen LogP contribution is -2.40. The topological polar surface area (TPSA) is 70.9 Å². The molecule has 1 aromatic heterocycles. The monoisotopic (exact) mass is 245 g/mol. The number of carbonyl (C=O) groups excluding carboxylic acids is 1. The molecule has 0 fully saturated rings. The second-order valence-corrected chi connectivity index (χ2v) is 4.90. The summed E-state index contributed by atoms with van der Waals surface area (Å²) >= 11 is 0. The Morgan fingerprint density at radius 3 is 2.89 bits per heavy atom. The van der Waals surface area contributed by atoms with Crippen molar-refractivity contribution in [2.24, 2.45) is 11.7 Å². The Labute approximate surface area is 107 Å². The van der Waals surface area contributed by atoms with Crippen LogP contribution in [0.25, 0.3) is 10.9 Å². The van der Waals surface area contributed by atoms with Gasteiger partial charge in [-0.3, -0.25) is 4.79 Å². The SMILES string of the molecule is CC(C)C(N)CNC(=O)c1ccc2[nH]ccc2c1. The van der Waals surface area contributed by atoms with Crippen molar-refractivity contribution in [1.29, 1.82) is 0 Å². The standard InChI is InChI=1S/C14H19N3O/c1-9(2)12(15)8-17-14(18)11-3-4-13-10(7-11)5-6-16-13/h3-7,9,12,16H,8,15H2,1-2H3,(H,17,18). The summed E-state index contributed by atoms with van der Waals surface area (Å²) in [5.41, 5.74) is 7.59. The van der Waals surface area contributed by atoms with E-state index in [1.54, 1.807) is 0 Å². The summed E-state index contributed by atoms with van der Waals surface area (Å²) in [6.07, 6.45) is 1.86. The summed E-state index contributed by atoms with van der Waals surface area (Å²) in [6, 6.07) is 7.54. The molecule has 4 nitrogen and oxygen atoms in total. The van der Waals surface area contributed by atoms with Gasteiger partial charge in [-0.05, 0) is 30.2 Å². The highest BCUT2D eigenvalue weighted by molar-refractivity contribution is 5.98. The fourth-order valence-electron chi connectivity index (χ4n) is 1.74. The number of hydrogen-bond donors (Lipinski definition) is 3. The Hall–Kier alpha value is -1.81. The molecule has 2 rings (SSSR count). The summed E-state index contributed by atoms with van der Waals surface area (Å²) in [5.74, 6) is 0.284. The fraction of sp³-hybridized carbons (Fsp3) is 0.357. The van der Waals surface area contributed by atoms with Gasteiger partial charge in [-0.2, -0.15) is 0 Å². The molecule has 0 bridgehead atoms. The quantitative estimate of drug-likeness (QED) is 0.769. The largest absolute Gasteiger partial charge is 0.361 e. The zero-order valence-electron chi connectivity index (χ0n) is 10.7. The van der Waals surface area contributed by atoms with Crippen molar-refractivity contribution in [1.82, 2.24) is 10.3 Å². The van der Waals surface area contributed by atoms with Gasteiger partial charge < -0.3 is 16.0 Å². The van der Waals surface area contributed by atoms with Crippen LogP contribution in [0.5, 0.6) is 0 Å². The number of benzene rings is 1. The average molecular weight is 245 g/mol. The predicted molar refractivity (Wildman–Crippen MR) is 73.4 cm³/mol. The smallest absolute Gasteiger partial charge is 0.251 e. The maximum absolute atomic E-state index is 12.0. The molecule has 0 saturated carbocycles. The van der Waals surface area contributed by atoms with Crippen molar-refractivity contribution in [3.63, 3.8) is 0 Å². The fourth-order valence-corrected chi connectivity index (χ4v) is 1.74. The van der Waals surface area contributed by atoms with Gasteiger partial charge in [-0.1, -0.05) is 13.8 Å². The third-order valence-corrected chi connectivity index (χ3v) is 3.17. The summed E-state index contributed by atoms with van der Waals surface area (Å²) in [7, 11) is 0. The first kappa shape index (κ1) is 12.6. The molecular weight excluding hydrogens is 226 g/mol. The number of carbonyl (C=O) groups is 1. The van der Waals surface area contributed by atoms with Crippen LogP contribution in [0.3, 0.4) is 0 Å². The molecule has 1 unspecified atom stereocenters. The van der Waals surface area contributed by atoms with Gasteiger partial charge in [-0.15, -0.1) is 0 Å². The first-order valence-electron chi connectivity index (χ1n) is 6.19. The Bertz CT molecular complexity index is 545. The Morgan fingerprint density at radius 2 is 2.17 bits per heavy atom. The zero-order valence-corrected chi connectivity index (χ0v) is 10.7. The van der Waals surface area contributed by atoms with Crippen LogP contribution < -0.4 is 11.1 Å². The third kappa shape index (κ3) is 2.71. The van der Waals surface area contributed by atoms with Gasteiger partial charge in [0.05, 0.1) is 0 Å². The summed E-state index contributed by atoms with van der Waals surface area (Å²) < 4.78 is 0. The maximum Gasteiger partial charge on any atom is 0.251 e. The molecule has 96 valence electrons. The molecule has 0 spiro atoms. The summed E-state index contributed by atoms with van der Waals surface area (Å²) in [5, 5.41) is 3.90. The zero-order chi connectivity index (χ0) is 13.1. The van der Waals surface area contributed by atoms with Gasteiger partial charge in [0.15, 0.2) is 0 Å². The molecule has 2 aromatic rings. The van der Waals surface area contributed by atoms with Crippen molar-refractivity contribution in [3.05, 3.63) is 36.0 Å². The number of H-pyrrole nitrogens is 1. The molecule has 0 aliphatic heterocycles. The van der Waals surface area contributed by atoms with E-state index in [2.05, 4.69) is 10.3 Å². The molecule has 1 heterocycles. The molecule has 0 saturated heterocycles. The molecule has 18 heavy (non-hydrogen) atoms. The molecule has 1 aromatic carbocycles. The van der Waals surface area contributed by atoms with Crippen molar-refractivity contribution >= 4 is 16.8 Å². The second kappa shape index (κ2) is 5.23. The van der Waals surface area contributed by atoms with E-state index in [0.29, 0.717) is 18.0 Å². The molecule has 1 amide bonds. The molecule has 0 radical (unpaired) electrons. The molecule has 4 heteroatoms. The van der Waals surface area contributed by atoms with Crippen LogP contribution in [0.4, 0.5) is 0 Å². The van der Waals surface area contributed by atoms with E-state index in [9.17, 15) is 4.79 Å². The van der Waals surface area contributed by atoms with Gasteiger partial charge in [0, 0.05) is 35.2 Å². The number of aromatic nitrogens is 1. The lowest BCUT2D eigenvalue weighted by atomic mass is 10.1. The number of nitrogens with one attached hydrogen (secondary N) is 2. The highest BCUT2D eigenvalue weighted by atomic mass is 16.1. The Balaban J connectivity index is 2.04. The first-order valence-corrected chi connectivity index (χ1v) is 6.19. The third-order valence-electron chi connectivity index (χ3n) is 3.17. The number of aromatic amines is 1. The normalized spacial score (nSPS) is 12.9. The van der Waals surface area contributed by atoms with Crippen LogP contribution in [-0.4, -0.2) is 23.5 Å². The van der Waals surface area contributed by atoms with E-state index in [4.69, 9.17) is 5.73 Å². The minimum atomic E-state index is -0.0748. The van der Waals surface area contributed by atoms with Crippen molar-refractivity contribution in [2.75, 3.05) is 6.54 Å². The number of nitrogens with two attached hydrogens (primary N) is 1. The molecule has 4 N–H and O–H groups in total. The maximum atomic E-state index is 12.0. The Morgan fingerprint density at radius 1 is 1.39 bits per heavy atom. The van der Waals surface area contributed by atoms with E-state index >= 15 is 0 Å². The van der Waals surface area contributed by atoms with Gasteiger partial charge in [0.25, 0.3) is 5.91 Å². The van der Waals surface area contributed by atoms with E-state index in [0.717, 1.165) is 10.9 Å². The van der Waals surface area contributed by atoms with Crippen LogP contribution in [-0.2, 0) is 0 Å². The van der Waals surface area contributed by atoms with E-state index < -0.39 is 0 Å². The van der Waals surface area contributed by atoms with Gasteiger partial charge >= 0.3 is 0 Å². The number of amides is 1. The number of hydrogen-bond acceptors (Lipinski definition) is 2. The lowest BCUT2D eigenvalue weighted by Gasteiger charge is -2.16. The summed E-state index contributed by atoms with van der Waals surface area (Å²) in [4.78, 5) is 15.1. The van der Waals surface area contributed by atoms with E-state index in [-0.39, 0.29) is 11.9 Å². The molecular formula is C14H19N3O. The minimum absolute atomic E-state index is 0.00932. The Kier molecular flexibility index (Phi) is 3.67. The minimum Gasteiger partial charge on any atom is -0.361 e. The van der Waals surface area contributed by atoms with Crippen molar-refractivity contribution < 1.29 is 4.79 Å².